The Hall–Kier alpha value is -2.12. The molecule has 110 valence electrons. The van der Waals surface area contributed by atoms with Gasteiger partial charge in [0, 0.05) is 36.1 Å². The first-order valence-electron chi connectivity index (χ1n) is 6.64. The van der Waals surface area contributed by atoms with Gasteiger partial charge in [-0.25, -0.2) is 9.78 Å². The van der Waals surface area contributed by atoms with E-state index in [1.807, 2.05) is 0 Å². The number of fused-ring (bicyclic) bond motifs is 1. The smallest absolute Gasteiger partial charge is 0.325 e. The molecule has 1 aliphatic rings. The number of aromatic hydroxyl groups is 1. The molecule has 1 aromatic carbocycles. The molecule has 0 unspecified atom stereocenters. The molecule has 6 nitrogen and oxygen atoms in total. The number of likely N-dealkylation sites (N-methyl/N-ethyl adjacent to an activating group) is 1. The molecule has 2 heterocycles. The van der Waals surface area contributed by atoms with Gasteiger partial charge in [0.05, 0.1) is 5.69 Å². The van der Waals surface area contributed by atoms with E-state index in [2.05, 4.69) is 27.6 Å². The zero-order chi connectivity index (χ0) is 14.8. The Kier molecular flexibility index (Phi) is 3.76. The molecular weight excluding hydrogens is 288 g/mol. The highest BCUT2D eigenvalue weighted by molar-refractivity contribution is 7.15. The van der Waals surface area contributed by atoms with Crippen molar-refractivity contribution < 1.29 is 9.90 Å². The van der Waals surface area contributed by atoms with Crippen molar-refractivity contribution in [2.45, 2.75) is 13.0 Å². The molecule has 3 rings (SSSR count). The number of amides is 2. The molecule has 0 bridgehead atoms. The van der Waals surface area contributed by atoms with Gasteiger partial charge in [-0.05, 0) is 19.2 Å². The number of benzene rings is 1. The van der Waals surface area contributed by atoms with Crippen molar-refractivity contribution in [2.24, 2.45) is 0 Å². The fourth-order valence-electron chi connectivity index (χ4n) is 2.22. The fraction of sp³-hybridized carbons (Fsp3) is 0.286. The van der Waals surface area contributed by atoms with Crippen LogP contribution in [0, 0.1) is 0 Å². The summed E-state index contributed by atoms with van der Waals surface area (Å²) in [7, 11) is 2.07. The monoisotopic (exact) mass is 304 g/mol. The number of urea groups is 1. The minimum absolute atomic E-state index is 0.112. The first kappa shape index (κ1) is 13.8. The summed E-state index contributed by atoms with van der Waals surface area (Å²) >= 11 is 1.51. The maximum Gasteiger partial charge on any atom is 0.325 e. The van der Waals surface area contributed by atoms with Gasteiger partial charge >= 0.3 is 6.03 Å². The third-order valence-corrected chi connectivity index (χ3v) is 4.24. The van der Waals surface area contributed by atoms with Gasteiger partial charge < -0.3 is 15.3 Å². The summed E-state index contributed by atoms with van der Waals surface area (Å²) in [5.74, 6) is 0.112. The molecule has 0 fully saturated rings. The largest absolute Gasteiger partial charge is 0.508 e. The van der Waals surface area contributed by atoms with Gasteiger partial charge in [-0.2, -0.15) is 0 Å². The molecule has 7 heteroatoms. The second-order valence-corrected chi connectivity index (χ2v) is 6.09. The molecule has 0 spiro atoms. The topological polar surface area (TPSA) is 77.5 Å². The number of thiazole rings is 1. The van der Waals surface area contributed by atoms with E-state index in [-0.39, 0.29) is 11.8 Å². The van der Waals surface area contributed by atoms with Gasteiger partial charge in [0.25, 0.3) is 0 Å². The lowest BCUT2D eigenvalue weighted by atomic mass is 10.2. The van der Waals surface area contributed by atoms with E-state index in [4.69, 9.17) is 0 Å². The standard InChI is InChI=1S/C14H16N4O2S/c1-18-6-5-11-12(8-18)21-14(16-11)17-13(20)15-9-3-2-4-10(19)7-9/h2-4,7,19H,5-6,8H2,1H3,(H2,15,16,17,20). The molecule has 0 saturated heterocycles. The molecule has 0 atom stereocenters. The predicted octanol–water partition coefficient (Wildman–Crippen LogP) is 2.48. The van der Waals surface area contributed by atoms with Crippen molar-refractivity contribution in [3.05, 3.63) is 34.8 Å². The van der Waals surface area contributed by atoms with Crippen LogP contribution in [-0.4, -0.2) is 34.6 Å². The highest BCUT2D eigenvalue weighted by Gasteiger charge is 2.19. The Labute approximate surface area is 126 Å². The number of aromatic nitrogens is 1. The second kappa shape index (κ2) is 5.71. The van der Waals surface area contributed by atoms with Crippen molar-refractivity contribution >= 4 is 28.2 Å². The lowest BCUT2D eigenvalue weighted by Gasteiger charge is -2.20. The minimum Gasteiger partial charge on any atom is -0.508 e. The summed E-state index contributed by atoms with van der Waals surface area (Å²) in [5, 5.41) is 15.4. The van der Waals surface area contributed by atoms with Crippen LogP contribution in [0.1, 0.15) is 10.6 Å². The Morgan fingerprint density at radius 1 is 1.43 bits per heavy atom. The SMILES string of the molecule is CN1CCc2nc(NC(=O)Nc3cccc(O)c3)sc2C1. The molecule has 3 N–H and O–H groups in total. The van der Waals surface area contributed by atoms with Crippen LogP contribution in [0.5, 0.6) is 5.75 Å². The molecule has 0 radical (unpaired) electrons. The Balaban J connectivity index is 1.65. The van der Waals surface area contributed by atoms with Crippen LogP contribution in [0.2, 0.25) is 0 Å². The maximum absolute atomic E-state index is 11.9. The third-order valence-electron chi connectivity index (χ3n) is 3.25. The number of phenols is 1. The van der Waals surface area contributed by atoms with E-state index >= 15 is 0 Å². The van der Waals surface area contributed by atoms with E-state index in [0.717, 1.165) is 25.2 Å². The van der Waals surface area contributed by atoms with Crippen molar-refractivity contribution in [1.82, 2.24) is 9.88 Å². The molecule has 2 aromatic rings. The summed E-state index contributed by atoms with van der Waals surface area (Å²) in [6.45, 7) is 1.87. The fourth-order valence-corrected chi connectivity index (χ4v) is 3.30. The number of carbonyl (C=O) groups excluding carboxylic acids is 1. The molecule has 21 heavy (non-hydrogen) atoms. The highest BCUT2D eigenvalue weighted by atomic mass is 32.1. The molecule has 0 saturated carbocycles. The van der Waals surface area contributed by atoms with Crippen molar-refractivity contribution in [3.63, 3.8) is 0 Å². The average Bonchev–Trinajstić information content (AvgIpc) is 2.79. The number of nitrogens with one attached hydrogen (secondary N) is 2. The quantitative estimate of drug-likeness (QED) is 0.796. The summed E-state index contributed by atoms with van der Waals surface area (Å²) in [5.41, 5.74) is 1.61. The van der Waals surface area contributed by atoms with Crippen molar-refractivity contribution in [2.75, 3.05) is 24.2 Å². The average molecular weight is 304 g/mol. The summed E-state index contributed by atoms with van der Waals surface area (Å²) < 4.78 is 0. The normalized spacial score (nSPS) is 14.5. The minimum atomic E-state index is -0.361. The molecule has 2 amide bonds. The van der Waals surface area contributed by atoms with Crippen LogP contribution in [0.3, 0.4) is 0 Å². The number of anilines is 2. The second-order valence-electron chi connectivity index (χ2n) is 5.01. The number of hydrogen-bond donors (Lipinski definition) is 3. The number of nitrogens with zero attached hydrogens (tertiary/aromatic N) is 2. The summed E-state index contributed by atoms with van der Waals surface area (Å²) in [4.78, 5) is 19.8. The maximum atomic E-state index is 11.9. The number of carbonyl (C=O) groups is 1. The number of rotatable bonds is 2. The first-order chi connectivity index (χ1) is 10.1. The van der Waals surface area contributed by atoms with Gasteiger partial charge in [0.15, 0.2) is 5.13 Å². The zero-order valence-corrected chi connectivity index (χ0v) is 12.4. The third kappa shape index (κ3) is 3.32. The van der Waals surface area contributed by atoms with E-state index in [1.165, 1.54) is 22.3 Å². The summed E-state index contributed by atoms with van der Waals surface area (Å²) in [6, 6.07) is 6.06. The lowest BCUT2D eigenvalue weighted by molar-refractivity contribution is 0.262. The van der Waals surface area contributed by atoms with E-state index in [9.17, 15) is 9.90 Å². The Morgan fingerprint density at radius 2 is 2.29 bits per heavy atom. The Bertz CT molecular complexity index is 671. The van der Waals surface area contributed by atoms with E-state index in [1.54, 1.807) is 18.2 Å². The van der Waals surface area contributed by atoms with Gasteiger partial charge in [0.2, 0.25) is 0 Å². The zero-order valence-electron chi connectivity index (χ0n) is 11.6. The first-order valence-corrected chi connectivity index (χ1v) is 7.46. The van der Waals surface area contributed by atoms with Gasteiger partial charge in [0.1, 0.15) is 5.75 Å². The van der Waals surface area contributed by atoms with Crippen LogP contribution < -0.4 is 10.6 Å². The molecule has 1 aliphatic heterocycles. The van der Waals surface area contributed by atoms with Gasteiger partial charge in [-0.15, -0.1) is 11.3 Å². The molecule has 0 aliphatic carbocycles. The van der Waals surface area contributed by atoms with Crippen molar-refractivity contribution in [1.29, 1.82) is 0 Å². The molecular formula is C14H16N4O2S. The van der Waals surface area contributed by atoms with Crippen LogP contribution in [0.4, 0.5) is 15.6 Å². The highest BCUT2D eigenvalue weighted by Crippen LogP contribution is 2.27. The summed E-state index contributed by atoms with van der Waals surface area (Å²) in [6.07, 6.45) is 0.915. The number of phenolic OH excluding ortho intramolecular Hbond substituents is 1. The predicted molar refractivity (Wildman–Crippen MR) is 82.9 cm³/mol. The van der Waals surface area contributed by atoms with Crippen LogP contribution in [0.15, 0.2) is 24.3 Å². The van der Waals surface area contributed by atoms with E-state index in [0.29, 0.717) is 10.8 Å². The van der Waals surface area contributed by atoms with Crippen LogP contribution >= 0.6 is 11.3 Å². The van der Waals surface area contributed by atoms with Crippen LogP contribution in [-0.2, 0) is 13.0 Å². The lowest BCUT2D eigenvalue weighted by Crippen LogP contribution is -2.25. The van der Waals surface area contributed by atoms with Crippen LogP contribution in [0.25, 0.3) is 0 Å². The van der Waals surface area contributed by atoms with Crippen molar-refractivity contribution in [3.8, 4) is 5.75 Å². The molecule has 1 aromatic heterocycles. The number of hydrogen-bond acceptors (Lipinski definition) is 5. The van der Waals surface area contributed by atoms with E-state index < -0.39 is 0 Å². The van der Waals surface area contributed by atoms with Gasteiger partial charge in [-0.1, -0.05) is 6.07 Å². The Morgan fingerprint density at radius 3 is 3.10 bits per heavy atom. The van der Waals surface area contributed by atoms with Gasteiger partial charge in [-0.3, -0.25) is 5.32 Å².